The number of unbranched alkanes of at least 4 members (excludes halogenated alkanes) is 5. The summed E-state index contributed by atoms with van der Waals surface area (Å²) in [5.74, 6) is -0.0218. The zero-order valence-corrected chi connectivity index (χ0v) is 21.8. The summed E-state index contributed by atoms with van der Waals surface area (Å²) < 4.78 is 12.1. The van der Waals surface area contributed by atoms with E-state index in [-0.39, 0.29) is 11.5 Å². The van der Waals surface area contributed by atoms with Crippen molar-refractivity contribution >= 4 is 51.9 Å². The number of carbonyl (C=O) groups excluding carboxylic acids is 1. The average molecular weight is 514 g/mol. The third-order valence-corrected chi connectivity index (χ3v) is 6.77. The van der Waals surface area contributed by atoms with Crippen LogP contribution in [0.3, 0.4) is 0 Å². The van der Waals surface area contributed by atoms with Gasteiger partial charge < -0.3 is 14.6 Å². The van der Waals surface area contributed by atoms with E-state index >= 15 is 0 Å². The SMILES string of the molecule is CCCCCCCCOc1ccc(C=C2SC(=S)N(c3cccc(C(=O)O)c3)C2=O)cc1OCC. The predicted molar refractivity (Wildman–Crippen MR) is 146 cm³/mol. The van der Waals surface area contributed by atoms with Crippen LogP contribution in [0.4, 0.5) is 5.69 Å². The van der Waals surface area contributed by atoms with Crippen molar-refractivity contribution in [2.24, 2.45) is 0 Å². The van der Waals surface area contributed by atoms with Crippen LogP contribution >= 0.6 is 24.0 Å². The van der Waals surface area contributed by atoms with Crippen molar-refractivity contribution in [1.82, 2.24) is 0 Å². The number of nitrogens with zero attached hydrogens (tertiary/aromatic N) is 1. The molecular weight excluding hydrogens is 482 g/mol. The van der Waals surface area contributed by atoms with Crippen molar-refractivity contribution in [3.05, 3.63) is 58.5 Å². The molecule has 1 amide bonds. The fraction of sp³-hybridized carbons (Fsp3) is 0.370. The van der Waals surface area contributed by atoms with Gasteiger partial charge in [-0.15, -0.1) is 0 Å². The van der Waals surface area contributed by atoms with E-state index in [2.05, 4.69) is 6.92 Å². The molecular formula is C27H31NO5S2. The number of carboxylic acid groups (broad SMARTS) is 1. The van der Waals surface area contributed by atoms with Gasteiger partial charge in [0.25, 0.3) is 5.91 Å². The number of benzene rings is 2. The first-order chi connectivity index (χ1) is 16.9. The number of thioether (sulfide) groups is 1. The molecule has 186 valence electrons. The van der Waals surface area contributed by atoms with Crippen molar-refractivity contribution in [3.63, 3.8) is 0 Å². The monoisotopic (exact) mass is 513 g/mol. The van der Waals surface area contributed by atoms with Crippen LogP contribution in [-0.4, -0.2) is 34.5 Å². The van der Waals surface area contributed by atoms with Gasteiger partial charge in [0, 0.05) is 0 Å². The summed E-state index contributed by atoms with van der Waals surface area (Å²) >= 11 is 6.60. The van der Waals surface area contributed by atoms with Gasteiger partial charge in [0.1, 0.15) is 0 Å². The summed E-state index contributed by atoms with van der Waals surface area (Å²) in [6.45, 7) is 5.27. The van der Waals surface area contributed by atoms with Crippen LogP contribution in [-0.2, 0) is 4.79 Å². The molecule has 35 heavy (non-hydrogen) atoms. The second kappa shape index (κ2) is 13.3. The number of hydrogen-bond donors (Lipinski definition) is 1. The first-order valence-corrected chi connectivity index (χ1v) is 13.2. The standard InChI is InChI=1S/C27H31NO5S2/c1-3-5-6-7-8-9-15-33-22-14-13-19(16-23(22)32-4-2)17-24-25(29)28(27(34)35-24)21-12-10-11-20(18-21)26(30)31/h10-14,16-18H,3-9,15H2,1-2H3,(H,30,31). The largest absolute Gasteiger partial charge is 0.490 e. The Balaban J connectivity index is 1.71. The van der Waals surface area contributed by atoms with E-state index in [9.17, 15) is 14.7 Å². The van der Waals surface area contributed by atoms with Gasteiger partial charge >= 0.3 is 5.97 Å². The Morgan fingerprint density at radius 1 is 1.03 bits per heavy atom. The predicted octanol–water partition coefficient (Wildman–Crippen LogP) is 6.93. The maximum absolute atomic E-state index is 13.1. The Bertz CT molecular complexity index is 1100. The highest BCUT2D eigenvalue weighted by Crippen LogP contribution is 2.37. The highest BCUT2D eigenvalue weighted by molar-refractivity contribution is 8.27. The van der Waals surface area contributed by atoms with Gasteiger partial charge in [0.15, 0.2) is 15.8 Å². The molecule has 8 heteroatoms. The van der Waals surface area contributed by atoms with E-state index in [1.54, 1.807) is 18.2 Å². The number of carboxylic acids is 1. The molecule has 1 N–H and O–H groups in total. The van der Waals surface area contributed by atoms with E-state index in [0.29, 0.717) is 39.6 Å². The van der Waals surface area contributed by atoms with E-state index in [0.717, 1.165) is 18.4 Å². The minimum atomic E-state index is -1.06. The molecule has 1 aliphatic rings. The molecule has 3 rings (SSSR count). The van der Waals surface area contributed by atoms with Crippen molar-refractivity contribution < 1.29 is 24.2 Å². The molecule has 0 aliphatic carbocycles. The van der Waals surface area contributed by atoms with Crippen LogP contribution < -0.4 is 14.4 Å². The number of anilines is 1. The fourth-order valence-electron chi connectivity index (χ4n) is 3.69. The zero-order valence-electron chi connectivity index (χ0n) is 20.1. The summed E-state index contributed by atoms with van der Waals surface area (Å²) in [7, 11) is 0. The number of rotatable bonds is 13. The van der Waals surface area contributed by atoms with Crippen molar-refractivity contribution in [1.29, 1.82) is 0 Å². The Hall–Kier alpha value is -2.84. The normalized spacial score (nSPS) is 14.6. The molecule has 1 aliphatic heterocycles. The first-order valence-electron chi connectivity index (χ1n) is 12.0. The van der Waals surface area contributed by atoms with E-state index < -0.39 is 5.97 Å². The Morgan fingerprint density at radius 3 is 2.54 bits per heavy atom. The van der Waals surface area contributed by atoms with Crippen LogP contribution in [0.5, 0.6) is 11.5 Å². The third-order valence-electron chi connectivity index (χ3n) is 5.47. The maximum atomic E-state index is 13.1. The molecule has 1 fully saturated rings. The van der Waals surface area contributed by atoms with Gasteiger partial charge in [0.2, 0.25) is 0 Å². The van der Waals surface area contributed by atoms with E-state index in [4.69, 9.17) is 21.7 Å². The molecule has 0 bridgehead atoms. The molecule has 0 saturated carbocycles. The third kappa shape index (κ3) is 7.32. The van der Waals surface area contributed by atoms with Crippen LogP contribution in [0, 0.1) is 0 Å². The van der Waals surface area contributed by atoms with Crippen LogP contribution in [0.15, 0.2) is 47.4 Å². The quantitative estimate of drug-likeness (QED) is 0.177. The molecule has 0 unspecified atom stereocenters. The highest BCUT2D eigenvalue weighted by Gasteiger charge is 2.33. The lowest BCUT2D eigenvalue weighted by atomic mass is 10.1. The summed E-state index contributed by atoms with van der Waals surface area (Å²) in [4.78, 5) is 26.2. The molecule has 0 spiro atoms. The van der Waals surface area contributed by atoms with E-state index in [1.165, 1.54) is 54.5 Å². The van der Waals surface area contributed by atoms with Gasteiger partial charge in [-0.05, 0) is 55.3 Å². The lowest BCUT2D eigenvalue weighted by Gasteiger charge is -2.15. The van der Waals surface area contributed by atoms with Gasteiger partial charge in [-0.25, -0.2) is 4.79 Å². The van der Waals surface area contributed by atoms with Crippen LogP contribution in [0.2, 0.25) is 0 Å². The smallest absolute Gasteiger partial charge is 0.335 e. The topological polar surface area (TPSA) is 76.1 Å². The molecule has 6 nitrogen and oxygen atoms in total. The van der Waals surface area contributed by atoms with Gasteiger partial charge in [-0.3, -0.25) is 9.69 Å². The molecule has 1 heterocycles. The number of aromatic carboxylic acids is 1. The second-order valence-corrected chi connectivity index (χ2v) is 9.80. The lowest BCUT2D eigenvalue weighted by Crippen LogP contribution is -2.27. The van der Waals surface area contributed by atoms with Crippen LogP contribution in [0.25, 0.3) is 6.08 Å². The second-order valence-electron chi connectivity index (χ2n) is 8.13. The Morgan fingerprint density at radius 2 is 1.80 bits per heavy atom. The Labute approximate surface area is 216 Å². The number of thiocarbonyl (C=S) groups is 1. The summed E-state index contributed by atoms with van der Waals surface area (Å²) in [5, 5.41) is 9.26. The first kappa shape index (κ1) is 26.8. The number of hydrogen-bond acceptors (Lipinski definition) is 6. The van der Waals surface area contributed by atoms with Crippen molar-refractivity contribution in [3.8, 4) is 11.5 Å². The molecule has 1 saturated heterocycles. The zero-order chi connectivity index (χ0) is 25.2. The van der Waals surface area contributed by atoms with Crippen molar-refractivity contribution in [2.75, 3.05) is 18.1 Å². The lowest BCUT2D eigenvalue weighted by molar-refractivity contribution is -0.113. The molecule has 2 aromatic rings. The van der Waals surface area contributed by atoms with Gasteiger partial charge in [-0.1, -0.05) is 75.1 Å². The van der Waals surface area contributed by atoms with Gasteiger partial charge in [0.05, 0.1) is 29.4 Å². The number of carbonyl (C=O) groups is 2. The Kier molecular flexibility index (Phi) is 10.2. The minimum Gasteiger partial charge on any atom is -0.490 e. The van der Waals surface area contributed by atoms with Crippen LogP contribution in [0.1, 0.15) is 68.3 Å². The van der Waals surface area contributed by atoms with E-state index in [1.807, 2.05) is 25.1 Å². The number of ether oxygens (including phenoxy) is 2. The average Bonchev–Trinajstić information content (AvgIpc) is 3.12. The minimum absolute atomic E-state index is 0.0958. The maximum Gasteiger partial charge on any atom is 0.335 e. The number of amides is 1. The molecule has 2 aromatic carbocycles. The fourth-order valence-corrected chi connectivity index (χ4v) is 4.99. The van der Waals surface area contributed by atoms with Gasteiger partial charge in [-0.2, -0.15) is 0 Å². The summed E-state index contributed by atoms with van der Waals surface area (Å²) in [6.07, 6.45) is 8.94. The highest BCUT2D eigenvalue weighted by atomic mass is 32.2. The molecule has 0 radical (unpaired) electrons. The molecule has 0 atom stereocenters. The van der Waals surface area contributed by atoms with Crippen molar-refractivity contribution in [2.45, 2.75) is 52.4 Å². The molecule has 0 aromatic heterocycles. The summed E-state index contributed by atoms with van der Waals surface area (Å²) in [5.41, 5.74) is 1.32. The summed E-state index contributed by atoms with van der Waals surface area (Å²) in [6, 6.07) is 11.8.